The number of hydrogen-bond acceptors (Lipinski definition) is 5. The molecule has 6 atom stereocenters. The summed E-state index contributed by atoms with van der Waals surface area (Å²) in [5.41, 5.74) is 5.64. The van der Waals surface area contributed by atoms with Gasteiger partial charge in [0.05, 0.1) is 18.6 Å². The number of primary amides is 1. The maximum Gasteiger partial charge on any atom is 0.309 e. The summed E-state index contributed by atoms with van der Waals surface area (Å²) in [6.45, 7) is 3.97. The summed E-state index contributed by atoms with van der Waals surface area (Å²) in [6, 6.07) is 9.57. The number of benzene rings is 1. The van der Waals surface area contributed by atoms with Crippen molar-refractivity contribution in [2.75, 3.05) is 6.61 Å². The number of nitrogens with one attached hydrogen (secondary N) is 1. The first-order valence-electron chi connectivity index (χ1n) is 8.39. The summed E-state index contributed by atoms with van der Waals surface area (Å²) in [5.74, 6) is -1.91. The molecule has 0 saturated heterocycles. The van der Waals surface area contributed by atoms with Gasteiger partial charge in [-0.1, -0.05) is 30.3 Å². The van der Waals surface area contributed by atoms with E-state index in [2.05, 4.69) is 5.32 Å². The normalized spacial score (nSPS) is 35.1. The van der Waals surface area contributed by atoms with Crippen molar-refractivity contribution < 1.29 is 19.4 Å². The fourth-order valence-corrected chi connectivity index (χ4v) is 4.30. The lowest BCUT2D eigenvalue weighted by atomic mass is 9.87. The van der Waals surface area contributed by atoms with Gasteiger partial charge in [0.2, 0.25) is 5.91 Å². The molecule has 0 spiro atoms. The van der Waals surface area contributed by atoms with Crippen LogP contribution in [0.3, 0.4) is 0 Å². The molecule has 0 radical (unpaired) electrons. The van der Waals surface area contributed by atoms with Crippen LogP contribution in [-0.2, 0) is 14.3 Å². The van der Waals surface area contributed by atoms with Gasteiger partial charge in [0.25, 0.3) is 0 Å². The number of carbonyl (C=O) groups is 2. The van der Waals surface area contributed by atoms with Crippen LogP contribution in [0.2, 0.25) is 0 Å². The predicted molar refractivity (Wildman–Crippen MR) is 87.6 cm³/mol. The number of rotatable bonds is 6. The second kappa shape index (κ2) is 6.18. The minimum Gasteiger partial charge on any atom is -0.466 e. The Labute approximate surface area is 141 Å². The van der Waals surface area contributed by atoms with Crippen molar-refractivity contribution in [1.29, 1.82) is 0 Å². The second-order valence-corrected chi connectivity index (χ2v) is 6.76. The number of ether oxygens (including phenoxy) is 1. The molecule has 2 unspecified atom stereocenters. The van der Waals surface area contributed by atoms with E-state index >= 15 is 0 Å². The van der Waals surface area contributed by atoms with Gasteiger partial charge in [-0.3, -0.25) is 14.9 Å². The molecular weight excluding hydrogens is 308 g/mol. The van der Waals surface area contributed by atoms with Crippen molar-refractivity contribution in [3.05, 3.63) is 35.9 Å². The summed E-state index contributed by atoms with van der Waals surface area (Å²) < 4.78 is 5.08. The maximum absolute atomic E-state index is 12.3. The van der Waals surface area contributed by atoms with Crippen LogP contribution >= 0.6 is 0 Å². The Bertz CT molecular complexity index is 635. The third-order valence-electron chi connectivity index (χ3n) is 5.39. The molecule has 0 aromatic heterocycles. The number of amides is 1. The van der Waals surface area contributed by atoms with E-state index in [0.29, 0.717) is 0 Å². The molecule has 2 saturated carbocycles. The van der Waals surface area contributed by atoms with Gasteiger partial charge < -0.3 is 15.6 Å². The second-order valence-electron chi connectivity index (χ2n) is 6.76. The average molecular weight is 332 g/mol. The molecule has 1 aromatic carbocycles. The van der Waals surface area contributed by atoms with Gasteiger partial charge in [0.15, 0.2) is 0 Å². The molecule has 0 aliphatic heterocycles. The Morgan fingerprint density at radius 3 is 2.67 bits per heavy atom. The van der Waals surface area contributed by atoms with Crippen molar-refractivity contribution in [1.82, 2.24) is 5.32 Å². The first-order chi connectivity index (χ1) is 11.4. The maximum atomic E-state index is 12.3. The molecule has 4 N–H and O–H groups in total. The molecule has 6 nitrogen and oxygen atoms in total. The van der Waals surface area contributed by atoms with E-state index in [1.165, 1.54) is 0 Å². The zero-order valence-corrected chi connectivity index (χ0v) is 13.9. The quantitative estimate of drug-likeness (QED) is 0.667. The standard InChI is InChI=1S/C18H24N2O4/c1-3-24-16(22)14-13-12(21)9-18(15(13)14,17(19)23)20-10(2)11-7-5-4-6-8-11/h4-8,10,12-15,20-21H,3,9H2,1-2H3,(H2,19,23)/t10-,12+,13?,14+,15?,18+/m1/s1. The first-order valence-corrected chi connectivity index (χ1v) is 8.39. The lowest BCUT2D eigenvalue weighted by Crippen LogP contribution is -2.58. The summed E-state index contributed by atoms with van der Waals surface area (Å²) in [6.07, 6.45) is -0.502. The number of carbonyl (C=O) groups excluding carboxylic acids is 2. The van der Waals surface area contributed by atoms with Gasteiger partial charge in [0.1, 0.15) is 5.54 Å². The Hall–Kier alpha value is -1.92. The van der Waals surface area contributed by atoms with Crippen LogP contribution in [-0.4, -0.2) is 35.2 Å². The first kappa shape index (κ1) is 16.9. The number of fused-ring (bicyclic) bond motifs is 1. The zero-order chi connectivity index (χ0) is 17.5. The van der Waals surface area contributed by atoms with Crippen LogP contribution in [0.5, 0.6) is 0 Å². The van der Waals surface area contributed by atoms with Crippen LogP contribution in [0.25, 0.3) is 0 Å². The lowest BCUT2D eigenvalue weighted by molar-refractivity contribution is -0.146. The fraction of sp³-hybridized carbons (Fsp3) is 0.556. The molecule has 1 aromatic rings. The van der Waals surface area contributed by atoms with Gasteiger partial charge in [0, 0.05) is 24.3 Å². The molecular formula is C18H24N2O4. The monoisotopic (exact) mass is 332 g/mol. The Morgan fingerprint density at radius 1 is 1.42 bits per heavy atom. The fourth-order valence-electron chi connectivity index (χ4n) is 4.30. The number of esters is 1. The predicted octanol–water partition coefficient (Wildman–Crippen LogP) is 0.751. The smallest absolute Gasteiger partial charge is 0.309 e. The van der Waals surface area contributed by atoms with E-state index in [-0.39, 0.29) is 36.9 Å². The van der Waals surface area contributed by atoms with Gasteiger partial charge in [-0.05, 0) is 19.4 Å². The van der Waals surface area contributed by atoms with Gasteiger partial charge in [-0.2, -0.15) is 0 Å². The van der Waals surface area contributed by atoms with Crippen LogP contribution < -0.4 is 11.1 Å². The molecule has 3 rings (SSSR count). The molecule has 2 fully saturated rings. The van der Waals surface area contributed by atoms with Crippen molar-refractivity contribution in [3.8, 4) is 0 Å². The van der Waals surface area contributed by atoms with E-state index in [0.717, 1.165) is 5.56 Å². The third kappa shape index (κ3) is 2.59. The van der Waals surface area contributed by atoms with Crippen LogP contribution in [0, 0.1) is 17.8 Å². The molecule has 2 aliphatic rings. The summed E-state index contributed by atoms with van der Waals surface area (Å²) >= 11 is 0. The highest BCUT2D eigenvalue weighted by Gasteiger charge is 2.74. The molecule has 0 heterocycles. The molecule has 130 valence electrons. The van der Waals surface area contributed by atoms with Gasteiger partial charge in [-0.15, -0.1) is 0 Å². The SMILES string of the molecule is CCOC(=O)[C@H]1C2C1[C@](N[C@H](C)c1ccccc1)(C(N)=O)C[C@@H]2O. The topological polar surface area (TPSA) is 102 Å². The van der Waals surface area contributed by atoms with E-state index in [1.807, 2.05) is 37.3 Å². The van der Waals surface area contributed by atoms with Crippen molar-refractivity contribution in [3.63, 3.8) is 0 Å². The Kier molecular flexibility index (Phi) is 4.36. The minimum atomic E-state index is -1.09. The minimum absolute atomic E-state index is 0.131. The number of hydrogen-bond donors (Lipinski definition) is 3. The van der Waals surface area contributed by atoms with Crippen molar-refractivity contribution >= 4 is 11.9 Å². The number of aliphatic hydroxyl groups excluding tert-OH is 1. The average Bonchev–Trinajstić information content (AvgIpc) is 3.24. The molecule has 2 aliphatic carbocycles. The Balaban J connectivity index is 1.84. The lowest BCUT2D eigenvalue weighted by Gasteiger charge is -2.34. The Morgan fingerprint density at radius 2 is 2.08 bits per heavy atom. The highest BCUT2D eigenvalue weighted by molar-refractivity contribution is 5.90. The zero-order valence-electron chi connectivity index (χ0n) is 13.9. The molecule has 0 bridgehead atoms. The van der Waals surface area contributed by atoms with E-state index in [9.17, 15) is 14.7 Å². The molecule has 1 amide bonds. The molecule has 6 heteroatoms. The third-order valence-corrected chi connectivity index (χ3v) is 5.39. The summed E-state index contributed by atoms with van der Waals surface area (Å²) in [4.78, 5) is 24.4. The van der Waals surface area contributed by atoms with E-state index < -0.39 is 23.5 Å². The summed E-state index contributed by atoms with van der Waals surface area (Å²) in [7, 11) is 0. The molecule has 24 heavy (non-hydrogen) atoms. The largest absolute Gasteiger partial charge is 0.466 e. The van der Waals surface area contributed by atoms with Crippen LogP contribution in [0.15, 0.2) is 30.3 Å². The van der Waals surface area contributed by atoms with Crippen LogP contribution in [0.4, 0.5) is 0 Å². The van der Waals surface area contributed by atoms with E-state index in [4.69, 9.17) is 10.5 Å². The number of nitrogens with two attached hydrogens (primary N) is 1. The summed E-state index contributed by atoms with van der Waals surface area (Å²) in [5, 5.41) is 13.7. The van der Waals surface area contributed by atoms with E-state index in [1.54, 1.807) is 6.92 Å². The van der Waals surface area contributed by atoms with Gasteiger partial charge >= 0.3 is 5.97 Å². The van der Waals surface area contributed by atoms with Crippen LogP contribution in [0.1, 0.15) is 31.9 Å². The van der Waals surface area contributed by atoms with Crippen molar-refractivity contribution in [2.45, 2.75) is 38.0 Å². The van der Waals surface area contributed by atoms with Gasteiger partial charge in [-0.25, -0.2) is 0 Å². The highest BCUT2D eigenvalue weighted by Crippen LogP contribution is 2.63. The number of aliphatic hydroxyl groups is 1. The highest BCUT2D eigenvalue weighted by atomic mass is 16.5. The van der Waals surface area contributed by atoms with Crippen molar-refractivity contribution in [2.24, 2.45) is 23.5 Å².